The lowest BCUT2D eigenvalue weighted by atomic mass is 9.97. The number of H-pyrrole nitrogens is 4. The van der Waals surface area contributed by atoms with Gasteiger partial charge in [-0.25, -0.2) is 9.97 Å². The van der Waals surface area contributed by atoms with Gasteiger partial charge in [0.2, 0.25) is 9.54 Å². The van der Waals surface area contributed by atoms with Crippen molar-refractivity contribution in [3.8, 4) is 33.9 Å². The van der Waals surface area contributed by atoms with Gasteiger partial charge >= 0.3 is 0 Å². The minimum Gasteiger partial charge on any atom is -0.317 e. The summed E-state index contributed by atoms with van der Waals surface area (Å²) in [6.07, 6.45) is 0. The van der Waals surface area contributed by atoms with Crippen LogP contribution in [0.5, 0.6) is 0 Å². The molecule has 2 aromatic heterocycles. The highest BCUT2D eigenvalue weighted by molar-refractivity contribution is 7.72. The number of hydrogen-bond acceptors (Lipinski definition) is 6. The van der Waals surface area contributed by atoms with Crippen molar-refractivity contribution in [2.24, 2.45) is 0 Å². The summed E-state index contributed by atoms with van der Waals surface area (Å²) in [5, 5.41) is 4.47. The Labute approximate surface area is 225 Å². The van der Waals surface area contributed by atoms with Gasteiger partial charge in [-0.3, -0.25) is 0 Å². The lowest BCUT2D eigenvalue weighted by Crippen LogP contribution is -1.93. The van der Waals surface area contributed by atoms with E-state index < -0.39 is 0 Å². The smallest absolute Gasteiger partial charge is 0.200 e. The maximum absolute atomic E-state index is 5.20. The zero-order valence-corrected chi connectivity index (χ0v) is 21.7. The van der Waals surface area contributed by atoms with Crippen molar-refractivity contribution in [1.82, 2.24) is 29.9 Å². The normalized spacial score (nSPS) is 11.2. The molecule has 6 aromatic rings. The van der Waals surface area contributed by atoms with Gasteiger partial charge in [0.1, 0.15) is 11.6 Å². The fourth-order valence-corrected chi connectivity index (χ4v) is 5.11. The van der Waals surface area contributed by atoms with Gasteiger partial charge in [-0.2, -0.15) is 0 Å². The average Bonchev–Trinajstić information content (AvgIpc) is 2.86. The van der Waals surface area contributed by atoms with Crippen molar-refractivity contribution >= 4 is 70.4 Å². The molecule has 6 nitrogen and oxygen atoms in total. The average molecular weight is 541 g/mol. The maximum atomic E-state index is 5.20. The van der Waals surface area contributed by atoms with Gasteiger partial charge in [-0.1, -0.05) is 48.5 Å². The molecule has 0 saturated heterocycles. The third-order valence-corrected chi connectivity index (χ3v) is 6.69. The SMILES string of the molecule is S=c1nc(-c2ccc3cc(-c4ccc5cc(-c6nc(=S)[nH]c(=S)[nH]6)ccc5c4)ccc3c2)[nH]c(=S)[nH]1. The molecule has 36 heavy (non-hydrogen) atoms. The number of aromatic amines is 4. The molecule has 2 heterocycles. The number of benzene rings is 4. The molecule has 0 radical (unpaired) electrons. The van der Waals surface area contributed by atoms with E-state index in [1.54, 1.807) is 0 Å². The van der Waals surface area contributed by atoms with Crippen LogP contribution in [0.3, 0.4) is 0 Å². The molecular formula is C26H16N6S4. The van der Waals surface area contributed by atoms with Crippen LogP contribution in [0, 0.1) is 19.1 Å². The summed E-state index contributed by atoms with van der Waals surface area (Å²) in [7, 11) is 0. The van der Waals surface area contributed by atoms with E-state index in [1.165, 1.54) is 0 Å². The van der Waals surface area contributed by atoms with Gasteiger partial charge in [0, 0.05) is 11.1 Å². The highest BCUT2D eigenvalue weighted by atomic mass is 32.1. The van der Waals surface area contributed by atoms with Crippen molar-refractivity contribution in [3.05, 3.63) is 91.9 Å². The van der Waals surface area contributed by atoms with Crippen LogP contribution in [0.2, 0.25) is 0 Å². The van der Waals surface area contributed by atoms with Crippen LogP contribution in [0.4, 0.5) is 0 Å². The van der Waals surface area contributed by atoms with Crippen LogP contribution >= 0.6 is 48.9 Å². The molecule has 174 valence electrons. The van der Waals surface area contributed by atoms with E-state index in [1.807, 2.05) is 12.1 Å². The molecule has 0 saturated carbocycles. The Bertz CT molecular complexity index is 1850. The molecule has 0 unspecified atom stereocenters. The summed E-state index contributed by atoms with van der Waals surface area (Å²) in [6.45, 7) is 0. The Morgan fingerprint density at radius 3 is 1.11 bits per heavy atom. The molecule has 10 heteroatoms. The maximum Gasteiger partial charge on any atom is 0.200 e. The first-order valence-corrected chi connectivity index (χ1v) is 12.5. The molecule has 0 aliphatic heterocycles. The highest BCUT2D eigenvalue weighted by Gasteiger charge is 2.07. The Morgan fingerprint density at radius 2 is 0.750 bits per heavy atom. The van der Waals surface area contributed by atoms with Gasteiger partial charge in [0.15, 0.2) is 9.54 Å². The van der Waals surface area contributed by atoms with E-state index in [4.69, 9.17) is 48.9 Å². The molecule has 0 spiro atoms. The second-order valence-electron chi connectivity index (χ2n) is 8.24. The largest absolute Gasteiger partial charge is 0.317 e. The first-order chi connectivity index (χ1) is 17.4. The topological polar surface area (TPSA) is 88.9 Å². The molecule has 4 N–H and O–H groups in total. The fourth-order valence-electron chi connectivity index (χ4n) is 4.21. The number of nitrogens with zero attached hydrogens (tertiary/aromatic N) is 2. The number of nitrogens with one attached hydrogen (secondary N) is 4. The van der Waals surface area contributed by atoms with E-state index in [0.29, 0.717) is 30.7 Å². The Kier molecular flexibility index (Phi) is 5.73. The van der Waals surface area contributed by atoms with Crippen molar-refractivity contribution in [2.45, 2.75) is 0 Å². The van der Waals surface area contributed by atoms with Gasteiger partial charge in [0.05, 0.1) is 0 Å². The van der Waals surface area contributed by atoms with Gasteiger partial charge in [0.25, 0.3) is 0 Å². The predicted molar refractivity (Wildman–Crippen MR) is 154 cm³/mol. The fraction of sp³-hybridized carbons (Fsp3) is 0. The van der Waals surface area contributed by atoms with E-state index in [9.17, 15) is 0 Å². The standard InChI is InChI=1S/C26H16N6S4/c33-23-27-21(28-24(34)31-23)19-7-5-15-9-13(1-3-17(15)11-19)14-2-4-18-12-20(8-6-16(18)10-14)22-29-25(35)32-26(36)30-22/h1-12H,(H2,27,28,31,33,34)(H2,29,30,32,35,36). The van der Waals surface area contributed by atoms with Crippen LogP contribution in [0.1, 0.15) is 0 Å². The molecule has 0 aliphatic rings. The highest BCUT2D eigenvalue weighted by Crippen LogP contribution is 2.30. The Hall–Kier alpha value is -3.70. The lowest BCUT2D eigenvalue weighted by Gasteiger charge is -2.09. The van der Waals surface area contributed by atoms with Crippen LogP contribution in [-0.4, -0.2) is 29.9 Å². The zero-order chi connectivity index (χ0) is 24.8. The number of hydrogen-bond donors (Lipinski definition) is 4. The Balaban J connectivity index is 1.36. The third-order valence-electron chi connectivity index (χ3n) is 5.89. The number of aromatic nitrogens is 6. The van der Waals surface area contributed by atoms with E-state index in [0.717, 1.165) is 43.8 Å². The van der Waals surface area contributed by atoms with Crippen molar-refractivity contribution < 1.29 is 0 Å². The molecule has 4 aromatic carbocycles. The summed E-state index contributed by atoms with van der Waals surface area (Å²) in [6, 6.07) is 25.2. The quantitative estimate of drug-likeness (QED) is 0.170. The molecule has 6 rings (SSSR count). The molecule has 0 atom stereocenters. The summed E-state index contributed by atoms with van der Waals surface area (Å²) in [4.78, 5) is 20.5. The van der Waals surface area contributed by atoms with E-state index in [-0.39, 0.29) is 0 Å². The first kappa shape index (κ1) is 22.7. The van der Waals surface area contributed by atoms with E-state index >= 15 is 0 Å². The molecule has 0 amide bonds. The van der Waals surface area contributed by atoms with Gasteiger partial charge in [-0.05, 0) is 106 Å². The van der Waals surface area contributed by atoms with Crippen LogP contribution in [-0.2, 0) is 0 Å². The van der Waals surface area contributed by atoms with E-state index in [2.05, 4.69) is 90.6 Å². The van der Waals surface area contributed by atoms with Crippen LogP contribution in [0.15, 0.2) is 72.8 Å². The minimum atomic E-state index is 0.361. The second-order valence-corrected chi connectivity index (χ2v) is 9.83. The number of rotatable bonds is 3. The van der Waals surface area contributed by atoms with Crippen molar-refractivity contribution in [1.29, 1.82) is 0 Å². The summed E-state index contributed by atoms with van der Waals surface area (Å²) in [5.41, 5.74) is 4.14. The monoisotopic (exact) mass is 540 g/mol. The Morgan fingerprint density at radius 1 is 0.417 bits per heavy atom. The first-order valence-electron chi connectivity index (χ1n) is 10.9. The van der Waals surface area contributed by atoms with Gasteiger partial charge < -0.3 is 19.9 Å². The third kappa shape index (κ3) is 4.47. The van der Waals surface area contributed by atoms with Crippen LogP contribution in [0.25, 0.3) is 55.4 Å². The molecule has 0 bridgehead atoms. The molecule has 0 fully saturated rings. The molecular weight excluding hydrogens is 525 g/mol. The van der Waals surface area contributed by atoms with Crippen LogP contribution < -0.4 is 0 Å². The van der Waals surface area contributed by atoms with Crippen molar-refractivity contribution in [2.75, 3.05) is 0 Å². The minimum absolute atomic E-state index is 0.361. The van der Waals surface area contributed by atoms with Crippen molar-refractivity contribution in [3.63, 3.8) is 0 Å². The number of fused-ring (bicyclic) bond motifs is 2. The lowest BCUT2D eigenvalue weighted by molar-refractivity contribution is 1.01. The second kappa shape index (κ2) is 9.07. The molecule has 0 aliphatic carbocycles. The van der Waals surface area contributed by atoms with Gasteiger partial charge in [-0.15, -0.1) is 0 Å². The summed E-state index contributed by atoms with van der Waals surface area (Å²) >= 11 is 20.7. The predicted octanol–water partition coefficient (Wildman–Crippen LogP) is 8.01. The summed E-state index contributed by atoms with van der Waals surface area (Å²) in [5.74, 6) is 1.30. The zero-order valence-electron chi connectivity index (χ0n) is 18.5. The summed E-state index contributed by atoms with van der Waals surface area (Å²) < 4.78 is 1.63.